The van der Waals surface area contributed by atoms with E-state index in [2.05, 4.69) is 28.0 Å². The summed E-state index contributed by atoms with van der Waals surface area (Å²) in [5.74, 6) is -1.36. The van der Waals surface area contributed by atoms with Gasteiger partial charge in [0.15, 0.2) is 5.82 Å². The molecule has 1 aliphatic heterocycles. The Balaban J connectivity index is 0.00000198. The number of amides is 2. The van der Waals surface area contributed by atoms with Crippen molar-refractivity contribution in [3.05, 3.63) is 48.7 Å². The summed E-state index contributed by atoms with van der Waals surface area (Å²) < 4.78 is 58.2. The molecule has 14 heteroatoms. The molecule has 1 atom stereocenters. The lowest BCUT2D eigenvalue weighted by Crippen LogP contribution is -2.64. The van der Waals surface area contributed by atoms with E-state index < -0.39 is 29.5 Å². The Labute approximate surface area is 238 Å². The van der Waals surface area contributed by atoms with Gasteiger partial charge in [0.2, 0.25) is 5.91 Å². The van der Waals surface area contributed by atoms with Gasteiger partial charge in [-0.1, -0.05) is 0 Å². The summed E-state index contributed by atoms with van der Waals surface area (Å²) in [4.78, 5) is 32.2. The first-order valence-electron chi connectivity index (χ1n) is 12.7. The molecule has 5 rings (SSSR count). The molecule has 1 saturated heterocycles. The Morgan fingerprint density at radius 2 is 1.79 bits per heavy atom. The van der Waals surface area contributed by atoms with Gasteiger partial charge in [-0.2, -0.15) is 23.4 Å². The highest BCUT2D eigenvalue weighted by molar-refractivity contribution is 6.03. The zero-order valence-electron chi connectivity index (χ0n) is 23.2. The lowest BCUT2D eigenvalue weighted by Gasteiger charge is -2.45. The van der Waals surface area contributed by atoms with Crippen LogP contribution in [0, 0.1) is 18.7 Å². The van der Waals surface area contributed by atoms with E-state index in [4.69, 9.17) is 5.73 Å². The Bertz CT molecular complexity index is 1690. The van der Waals surface area contributed by atoms with Crippen molar-refractivity contribution in [1.82, 2.24) is 29.3 Å². The van der Waals surface area contributed by atoms with E-state index in [0.717, 1.165) is 11.6 Å². The lowest BCUT2D eigenvalue weighted by atomic mass is 9.96. The number of aromatic nitrogens is 5. The standard InChI is InChI=1S/C26H26F4N8O2.C2H2/c1-14(26(28,29)30)37-19(7-8-33-37)17-12-20(38-22(17)23(31)32-13-34-38)16-5-6-18(27)21(11-16)35-9-10-36(15(2)39)25(3,4)24(35)40;1-2/h5-8,11-14H,9-10H2,1-4H3,(H2,31,32,34);1-2H/t14-;/m1./s1. The molecule has 10 nitrogen and oxygen atoms in total. The van der Waals surface area contributed by atoms with Gasteiger partial charge in [0.25, 0.3) is 5.91 Å². The van der Waals surface area contributed by atoms with Gasteiger partial charge in [0, 0.05) is 37.3 Å². The molecule has 1 aliphatic rings. The van der Waals surface area contributed by atoms with E-state index in [1.54, 1.807) is 19.9 Å². The Morgan fingerprint density at radius 3 is 2.43 bits per heavy atom. The minimum absolute atomic E-state index is 0.00644. The monoisotopic (exact) mass is 584 g/mol. The summed E-state index contributed by atoms with van der Waals surface area (Å²) in [6.45, 7) is 5.85. The first-order valence-corrected chi connectivity index (χ1v) is 12.7. The number of benzene rings is 1. The van der Waals surface area contributed by atoms with Gasteiger partial charge in [-0.3, -0.25) is 14.3 Å². The number of hydrogen-bond acceptors (Lipinski definition) is 6. The molecule has 42 heavy (non-hydrogen) atoms. The minimum Gasteiger partial charge on any atom is -0.382 e. The third-order valence-electron chi connectivity index (χ3n) is 7.27. The Kier molecular flexibility index (Phi) is 7.73. The highest BCUT2D eigenvalue weighted by Crippen LogP contribution is 2.39. The van der Waals surface area contributed by atoms with Crippen molar-refractivity contribution in [3.63, 3.8) is 0 Å². The number of nitrogens with zero attached hydrogens (tertiary/aromatic N) is 7. The normalized spacial score (nSPS) is 15.8. The second kappa shape index (κ2) is 10.8. The fourth-order valence-corrected chi connectivity index (χ4v) is 5.13. The summed E-state index contributed by atoms with van der Waals surface area (Å²) >= 11 is 0. The molecule has 0 bridgehead atoms. The van der Waals surface area contributed by atoms with Crippen LogP contribution in [0.15, 0.2) is 42.9 Å². The molecular weight excluding hydrogens is 556 g/mol. The average molecular weight is 585 g/mol. The van der Waals surface area contributed by atoms with Crippen LogP contribution >= 0.6 is 0 Å². The molecule has 0 radical (unpaired) electrons. The van der Waals surface area contributed by atoms with E-state index in [0.29, 0.717) is 16.8 Å². The number of halogens is 4. The number of hydrogen-bond donors (Lipinski definition) is 1. The van der Waals surface area contributed by atoms with E-state index in [-0.39, 0.29) is 41.7 Å². The van der Waals surface area contributed by atoms with Crippen molar-refractivity contribution in [2.75, 3.05) is 23.7 Å². The smallest absolute Gasteiger partial charge is 0.382 e. The summed E-state index contributed by atoms with van der Waals surface area (Å²) in [6, 6.07) is 5.21. The van der Waals surface area contributed by atoms with E-state index >= 15 is 4.39 Å². The van der Waals surface area contributed by atoms with Crippen LogP contribution in [0.4, 0.5) is 29.1 Å². The van der Waals surface area contributed by atoms with Crippen LogP contribution in [0.1, 0.15) is 33.7 Å². The van der Waals surface area contributed by atoms with Crippen LogP contribution in [-0.4, -0.2) is 65.9 Å². The second-order valence-corrected chi connectivity index (χ2v) is 10.1. The van der Waals surface area contributed by atoms with Gasteiger partial charge < -0.3 is 15.5 Å². The molecule has 2 amide bonds. The zero-order chi connectivity index (χ0) is 31.1. The maximum Gasteiger partial charge on any atom is 0.410 e. The molecule has 0 aliphatic carbocycles. The first kappa shape index (κ1) is 30.0. The minimum atomic E-state index is -4.56. The number of carbonyl (C=O) groups is 2. The van der Waals surface area contributed by atoms with Gasteiger partial charge in [-0.15, -0.1) is 12.8 Å². The van der Waals surface area contributed by atoms with Gasteiger partial charge in [-0.05, 0) is 51.1 Å². The zero-order valence-corrected chi connectivity index (χ0v) is 23.2. The molecular formula is C28H28F4N8O2. The van der Waals surface area contributed by atoms with Gasteiger partial charge >= 0.3 is 6.18 Å². The number of carbonyl (C=O) groups excluding carboxylic acids is 2. The van der Waals surface area contributed by atoms with Crippen molar-refractivity contribution < 1.29 is 27.2 Å². The predicted molar refractivity (Wildman–Crippen MR) is 148 cm³/mol. The topological polar surface area (TPSA) is 115 Å². The second-order valence-electron chi connectivity index (χ2n) is 10.1. The third-order valence-corrected chi connectivity index (χ3v) is 7.27. The maximum absolute atomic E-state index is 15.2. The molecule has 3 aromatic heterocycles. The van der Waals surface area contributed by atoms with E-state index in [9.17, 15) is 22.8 Å². The quantitative estimate of drug-likeness (QED) is 0.282. The van der Waals surface area contributed by atoms with Crippen LogP contribution in [0.25, 0.3) is 28.0 Å². The largest absolute Gasteiger partial charge is 0.410 e. The van der Waals surface area contributed by atoms with Gasteiger partial charge in [0.1, 0.15) is 29.2 Å². The average Bonchev–Trinajstić information content (AvgIpc) is 3.56. The number of anilines is 2. The number of nitrogens with two attached hydrogens (primary N) is 1. The predicted octanol–water partition coefficient (Wildman–Crippen LogP) is 4.33. The van der Waals surface area contributed by atoms with Crippen LogP contribution in [0.2, 0.25) is 0 Å². The SMILES string of the molecule is C#C.CC(=O)N1CCN(c2cc(-c3cc(-c4ccnn4[C@H](C)C(F)(F)F)c4c(N)ncnn34)ccc2F)C(=O)C1(C)C. The lowest BCUT2D eigenvalue weighted by molar-refractivity contribution is -0.165. The summed E-state index contributed by atoms with van der Waals surface area (Å²) in [6.07, 6.45) is 5.90. The summed E-state index contributed by atoms with van der Waals surface area (Å²) in [5, 5.41) is 8.15. The molecule has 2 N–H and O–H groups in total. The number of piperazine rings is 1. The van der Waals surface area contributed by atoms with E-state index in [1.165, 1.54) is 58.0 Å². The highest BCUT2D eigenvalue weighted by Gasteiger charge is 2.44. The molecule has 0 unspecified atom stereocenters. The summed E-state index contributed by atoms with van der Waals surface area (Å²) in [7, 11) is 0. The van der Waals surface area contributed by atoms with Crippen molar-refractivity contribution in [1.29, 1.82) is 0 Å². The van der Waals surface area contributed by atoms with Crippen LogP contribution in [-0.2, 0) is 9.59 Å². The fraction of sp³-hybridized carbons (Fsp3) is 0.321. The van der Waals surface area contributed by atoms with Crippen LogP contribution in [0.3, 0.4) is 0 Å². The fourth-order valence-electron chi connectivity index (χ4n) is 5.13. The Morgan fingerprint density at radius 1 is 1.10 bits per heavy atom. The van der Waals surface area contributed by atoms with Crippen molar-refractivity contribution in [3.8, 4) is 35.4 Å². The molecule has 1 fully saturated rings. The third kappa shape index (κ3) is 4.91. The van der Waals surface area contributed by atoms with E-state index in [1.807, 2.05) is 0 Å². The maximum atomic E-state index is 15.2. The number of nitrogen functional groups attached to an aromatic ring is 1. The molecule has 0 spiro atoms. The molecule has 0 saturated carbocycles. The van der Waals surface area contributed by atoms with Crippen LogP contribution < -0.4 is 10.6 Å². The first-order chi connectivity index (χ1) is 19.7. The van der Waals surface area contributed by atoms with Crippen molar-refractivity contribution >= 4 is 28.8 Å². The Hall–Kier alpha value is -4.93. The molecule has 220 valence electrons. The van der Waals surface area contributed by atoms with Crippen molar-refractivity contribution in [2.45, 2.75) is 45.5 Å². The number of rotatable bonds is 4. The highest BCUT2D eigenvalue weighted by atomic mass is 19.4. The van der Waals surface area contributed by atoms with Gasteiger partial charge in [-0.25, -0.2) is 13.9 Å². The van der Waals surface area contributed by atoms with Crippen molar-refractivity contribution in [2.24, 2.45) is 0 Å². The molecule has 4 heterocycles. The molecule has 4 aromatic rings. The van der Waals surface area contributed by atoms with Gasteiger partial charge in [0.05, 0.1) is 17.1 Å². The number of alkyl halides is 3. The number of terminal acetylenes is 1. The summed E-state index contributed by atoms with van der Waals surface area (Å²) in [5.41, 5.74) is 6.42. The van der Waals surface area contributed by atoms with Crippen LogP contribution in [0.5, 0.6) is 0 Å². The number of fused-ring (bicyclic) bond motifs is 1. The molecule has 1 aromatic carbocycles.